The SMILES string of the molecule is Cc1ccc(OCC(=O)NC2CCN(C(=O)c3ccccc3F)CC2)cc1. The first-order valence-electron chi connectivity index (χ1n) is 9.05. The van der Waals surface area contributed by atoms with Crippen LogP contribution in [0.1, 0.15) is 28.8 Å². The average molecular weight is 370 g/mol. The van der Waals surface area contributed by atoms with E-state index in [1.54, 1.807) is 17.0 Å². The van der Waals surface area contributed by atoms with E-state index in [0.717, 1.165) is 5.56 Å². The van der Waals surface area contributed by atoms with Crippen molar-refractivity contribution >= 4 is 11.8 Å². The minimum atomic E-state index is -0.508. The lowest BCUT2D eigenvalue weighted by atomic mass is 10.0. The first-order chi connectivity index (χ1) is 13.0. The van der Waals surface area contributed by atoms with Crippen molar-refractivity contribution in [3.8, 4) is 5.75 Å². The van der Waals surface area contributed by atoms with E-state index in [1.165, 1.54) is 12.1 Å². The fourth-order valence-electron chi connectivity index (χ4n) is 3.08. The second-order valence-electron chi connectivity index (χ2n) is 6.72. The molecule has 0 radical (unpaired) electrons. The Morgan fingerprint density at radius 2 is 1.78 bits per heavy atom. The molecule has 6 heteroatoms. The number of piperidine rings is 1. The zero-order valence-electron chi connectivity index (χ0n) is 15.3. The number of rotatable bonds is 5. The molecule has 142 valence electrons. The molecular weight excluding hydrogens is 347 g/mol. The number of carbonyl (C=O) groups is 2. The molecular formula is C21H23FN2O3. The second kappa shape index (κ2) is 8.66. The van der Waals surface area contributed by atoms with Crippen LogP contribution in [0.2, 0.25) is 0 Å². The van der Waals surface area contributed by atoms with Crippen molar-refractivity contribution in [1.82, 2.24) is 10.2 Å². The van der Waals surface area contributed by atoms with Gasteiger partial charge < -0.3 is 15.0 Å². The molecule has 0 aromatic heterocycles. The van der Waals surface area contributed by atoms with Gasteiger partial charge in [0.15, 0.2) is 6.61 Å². The van der Waals surface area contributed by atoms with E-state index in [0.29, 0.717) is 31.7 Å². The molecule has 2 aromatic rings. The minimum absolute atomic E-state index is 0.0104. The molecule has 3 rings (SSSR count). The van der Waals surface area contributed by atoms with Gasteiger partial charge in [-0.1, -0.05) is 29.8 Å². The number of hydrogen-bond donors (Lipinski definition) is 1. The van der Waals surface area contributed by atoms with Gasteiger partial charge in [0, 0.05) is 19.1 Å². The number of aryl methyl sites for hydroxylation is 1. The van der Waals surface area contributed by atoms with Gasteiger partial charge in [0.25, 0.3) is 11.8 Å². The van der Waals surface area contributed by atoms with Crippen LogP contribution in [0.3, 0.4) is 0 Å². The van der Waals surface area contributed by atoms with Crippen LogP contribution in [0.15, 0.2) is 48.5 Å². The fourth-order valence-corrected chi connectivity index (χ4v) is 3.08. The highest BCUT2D eigenvalue weighted by atomic mass is 19.1. The first-order valence-corrected chi connectivity index (χ1v) is 9.05. The number of carbonyl (C=O) groups excluding carboxylic acids is 2. The number of benzene rings is 2. The van der Waals surface area contributed by atoms with E-state index in [9.17, 15) is 14.0 Å². The summed E-state index contributed by atoms with van der Waals surface area (Å²) < 4.78 is 19.2. The lowest BCUT2D eigenvalue weighted by Gasteiger charge is -2.32. The predicted octanol–water partition coefficient (Wildman–Crippen LogP) is 2.93. The van der Waals surface area contributed by atoms with Gasteiger partial charge in [-0.2, -0.15) is 0 Å². The number of amides is 2. The standard InChI is InChI=1S/C21H23FN2O3/c1-15-6-8-17(9-7-15)27-14-20(25)23-16-10-12-24(13-11-16)21(26)18-4-2-3-5-19(18)22/h2-9,16H,10-14H2,1H3,(H,23,25). The van der Waals surface area contributed by atoms with Crippen molar-refractivity contribution in [3.05, 3.63) is 65.5 Å². The Hall–Kier alpha value is -2.89. The third-order valence-corrected chi connectivity index (χ3v) is 4.64. The summed E-state index contributed by atoms with van der Waals surface area (Å²) in [6, 6.07) is 13.5. The van der Waals surface area contributed by atoms with Crippen molar-refractivity contribution in [2.24, 2.45) is 0 Å². The summed E-state index contributed by atoms with van der Waals surface area (Å²) in [6.07, 6.45) is 1.27. The Kier molecular flexibility index (Phi) is 6.06. The Balaban J connectivity index is 1.43. The van der Waals surface area contributed by atoms with E-state index < -0.39 is 5.82 Å². The summed E-state index contributed by atoms with van der Waals surface area (Å²) in [4.78, 5) is 26.1. The van der Waals surface area contributed by atoms with Crippen molar-refractivity contribution in [3.63, 3.8) is 0 Å². The highest BCUT2D eigenvalue weighted by Gasteiger charge is 2.25. The molecule has 1 aliphatic rings. The third-order valence-electron chi connectivity index (χ3n) is 4.64. The van der Waals surface area contributed by atoms with E-state index in [2.05, 4.69) is 5.32 Å². The van der Waals surface area contributed by atoms with Crippen LogP contribution in [-0.4, -0.2) is 42.5 Å². The van der Waals surface area contributed by atoms with Gasteiger partial charge in [-0.25, -0.2) is 4.39 Å². The zero-order chi connectivity index (χ0) is 19.2. The molecule has 2 amide bonds. The topological polar surface area (TPSA) is 58.6 Å². The van der Waals surface area contributed by atoms with Gasteiger partial charge in [-0.3, -0.25) is 9.59 Å². The monoisotopic (exact) mass is 370 g/mol. The Bertz CT molecular complexity index is 799. The molecule has 5 nitrogen and oxygen atoms in total. The maximum atomic E-state index is 13.8. The van der Waals surface area contributed by atoms with Crippen LogP contribution in [-0.2, 0) is 4.79 Å². The number of hydrogen-bond acceptors (Lipinski definition) is 3. The number of likely N-dealkylation sites (tertiary alicyclic amines) is 1. The summed E-state index contributed by atoms with van der Waals surface area (Å²) in [6.45, 7) is 2.91. The van der Waals surface area contributed by atoms with E-state index in [4.69, 9.17) is 4.74 Å². The van der Waals surface area contributed by atoms with E-state index in [-0.39, 0.29) is 30.0 Å². The third kappa shape index (κ3) is 5.06. The number of halogens is 1. The first kappa shape index (κ1) is 18.9. The molecule has 0 saturated carbocycles. The highest BCUT2D eigenvalue weighted by molar-refractivity contribution is 5.94. The maximum Gasteiger partial charge on any atom is 0.258 e. The van der Waals surface area contributed by atoms with Gasteiger partial charge in [0.05, 0.1) is 5.56 Å². The van der Waals surface area contributed by atoms with Gasteiger partial charge >= 0.3 is 0 Å². The normalized spacial score (nSPS) is 14.7. The minimum Gasteiger partial charge on any atom is -0.484 e. The molecule has 0 bridgehead atoms. The number of ether oxygens (including phenoxy) is 1. The molecule has 1 heterocycles. The van der Waals surface area contributed by atoms with Crippen LogP contribution in [0, 0.1) is 12.7 Å². The number of nitrogens with one attached hydrogen (secondary N) is 1. The predicted molar refractivity (Wildman–Crippen MR) is 100 cm³/mol. The Morgan fingerprint density at radius 3 is 2.44 bits per heavy atom. The zero-order valence-corrected chi connectivity index (χ0v) is 15.3. The van der Waals surface area contributed by atoms with Crippen LogP contribution in [0.25, 0.3) is 0 Å². The second-order valence-corrected chi connectivity index (χ2v) is 6.72. The molecule has 0 aliphatic carbocycles. The molecule has 0 spiro atoms. The van der Waals surface area contributed by atoms with Gasteiger partial charge in [0.1, 0.15) is 11.6 Å². The molecule has 2 aromatic carbocycles. The molecule has 1 saturated heterocycles. The van der Waals surface area contributed by atoms with Gasteiger partial charge in [-0.05, 0) is 44.0 Å². The summed E-state index contributed by atoms with van der Waals surface area (Å²) in [7, 11) is 0. The van der Waals surface area contributed by atoms with Crippen molar-refractivity contribution in [2.45, 2.75) is 25.8 Å². The molecule has 1 N–H and O–H groups in total. The van der Waals surface area contributed by atoms with Crippen molar-refractivity contribution < 1.29 is 18.7 Å². The van der Waals surface area contributed by atoms with E-state index in [1.807, 2.05) is 31.2 Å². The highest BCUT2D eigenvalue weighted by Crippen LogP contribution is 2.16. The summed E-state index contributed by atoms with van der Waals surface area (Å²) in [5.41, 5.74) is 1.22. The fraction of sp³-hybridized carbons (Fsp3) is 0.333. The summed E-state index contributed by atoms with van der Waals surface area (Å²) in [5, 5.41) is 2.94. The lowest BCUT2D eigenvalue weighted by Crippen LogP contribution is -2.47. The average Bonchev–Trinajstić information content (AvgIpc) is 2.68. The van der Waals surface area contributed by atoms with Crippen LogP contribution in [0.5, 0.6) is 5.75 Å². The molecule has 0 unspecified atom stereocenters. The molecule has 0 atom stereocenters. The quantitative estimate of drug-likeness (QED) is 0.880. The summed E-state index contributed by atoms with van der Waals surface area (Å²) in [5.74, 6) is -0.345. The molecule has 1 aliphatic heterocycles. The lowest BCUT2D eigenvalue weighted by molar-refractivity contribution is -0.124. The Labute approximate surface area is 158 Å². The maximum absolute atomic E-state index is 13.8. The van der Waals surface area contributed by atoms with Crippen LogP contribution >= 0.6 is 0 Å². The van der Waals surface area contributed by atoms with Crippen molar-refractivity contribution in [2.75, 3.05) is 19.7 Å². The van der Waals surface area contributed by atoms with Gasteiger partial charge in [-0.15, -0.1) is 0 Å². The van der Waals surface area contributed by atoms with Crippen LogP contribution in [0.4, 0.5) is 4.39 Å². The smallest absolute Gasteiger partial charge is 0.258 e. The molecule has 1 fully saturated rings. The molecule has 27 heavy (non-hydrogen) atoms. The summed E-state index contributed by atoms with van der Waals surface area (Å²) >= 11 is 0. The van der Waals surface area contributed by atoms with Crippen LogP contribution < -0.4 is 10.1 Å². The van der Waals surface area contributed by atoms with E-state index >= 15 is 0 Å². The largest absolute Gasteiger partial charge is 0.484 e. The number of nitrogens with zero attached hydrogens (tertiary/aromatic N) is 1. The van der Waals surface area contributed by atoms with Gasteiger partial charge in [0.2, 0.25) is 0 Å². The Morgan fingerprint density at radius 1 is 1.11 bits per heavy atom. The van der Waals surface area contributed by atoms with Crippen molar-refractivity contribution in [1.29, 1.82) is 0 Å².